The lowest BCUT2D eigenvalue weighted by atomic mass is 9.00. The average molecular weight is 232 g/mol. The van der Waals surface area contributed by atoms with Gasteiger partial charge in [-0.05, 0) is 70.3 Å². The van der Waals surface area contributed by atoms with Crippen LogP contribution in [-0.4, -0.2) is 0 Å². The number of benzene rings is 1. The van der Waals surface area contributed by atoms with Crippen molar-refractivity contribution in [1.82, 2.24) is 0 Å². The Morgan fingerprint density at radius 2 is 1.28 bits per heavy atom. The minimum absolute atomic E-state index is 0.755. The topological polar surface area (TPSA) is 0 Å². The minimum atomic E-state index is 0.755. The van der Waals surface area contributed by atoms with Gasteiger partial charge < -0.3 is 0 Å². The minimum Gasteiger partial charge on any atom is -0.0879 e. The molecule has 0 unspecified atom stereocenters. The number of hydrogen-bond acceptors (Lipinski definition) is 0. The van der Waals surface area contributed by atoms with Crippen LogP contribution in [0, 0.1) is 34.5 Å². The van der Waals surface area contributed by atoms with Crippen molar-refractivity contribution in [1.29, 1.82) is 0 Å². The first-order valence-corrected chi connectivity index (χ1v) is 7.67. The normalized spacial score (nSPS) is 65.6. The van der Waals surface area contributed by atoms with Gasteiger partial charge in [-0.3, -0.25) is 0 Å². The molecule has 0 amide bonds. The average Bonchev–Trinajstić information content (AvgIpc) is 2.40. The molecule has 0 radical (unpaired) electrons. The molecule has 0 heteroatoms. The van der Waals surface area contributed by atoms with Crippen LogP contribution in [0.3, 0.4) is 0 Å². The molecule has 7 aliphatic carbocycles. The molecule has 0 heterocycles. The summed E-state index contributed by atoms with van der Waals surface area (Å²) in [5.41, 5.74) is 5.04. The summed E-state index contributed by atoms with van der Waals surface area (Å²) in [5.74, 6) is 6.46. The van der Waals surface area contributed by atoms with E-state index in [-0.39, 0.29) is 0 Å². The van der Waals surface area contributed by atoms with E-state index in [1.165, 1.54) is 12.8 Å². The van der Waals surface area contributed by atoms with Gasteiger partial charge in [0.2, 0.25) is 0 Å². The standard InChI is InChI=1S/C18H16/c1-2-6-10-9(5-1)13-11-12-14(10)18-8-4-3-7-17(13,18)15(11)16(12)18/h1-6,11-16H,7-8H2/t11-,12+,13-,14+,15+,16-,17+,18-. The molecular formula is C18H16. The maximum absolute atomic E-state index is 2.52. The van der Waals surface area contributed by atoms with E-state index in [0.29, 0.717) is 0 Å². The first-order valence-electron chi connectivity index (χ1n) is 7.67. The Morgan fingerprint density at radius 1 is 0.778 bits per heavy atom. The van der Waals surface area contributed by atoms with Crippen LogP contribution in [0.15, 0.2) is 36.4 Å². The summed E-state index contributed by atoms with van der Waals surface area (Å²) in [6, 6.07) is 9.48. The van der Waals surface area contributed by atoms with Crippen LogP contribution in [0.2, 0.25) is 0 Å². The third-order valence-corrected chi connectivity index (χ3v) is 8.34. The third-order valence-electron chi connectivity index (χ3n) is 8.34. The second-order valence-corrected chi connectivity index (χ2v) is 7.75. The van der Waals surface area contributed by atoms with Gasteiger partial charge in [-0.1, -0.05) is 36.4 Å². The Hall–Kier alpha value is -1.04. The van der Waals surface area contributed by atoms with E-state index >= 15 is 0 Å². The summed E-state index contributed by atoms with van der Waals surface area (Å²) >= 11 is 0. The molecule has 88 valence electrons. The quantitative estimate of drug-likeness (QED) is 0.598. The molecule has 0 saturated heterocycles. The van der Waals surface area contributed by atoms with Crippen molar-refractivity contribution < 1.29 is 0 Å². The van der Waals surface area contributed by atoms with Gasteiger partial charge in [-0.2, -0.15) is 0 Å². The molecular weight excluding hydrogens is 216 g/mol. The maximum Gasteiger partial charge on any atom is -0.00566 e. The molecule has 2 bridgehead atoms. The molecule has 7 aliphatic rings. The molecule has 0 nitrogen and oxygen atoms in total. The monoisotopic (exact) mass is 232 g/mol. The van der Waals surface area contributed by atoms with E-state index in [2.05, 4.69) is 36.4 Å². The fourth-order valence-electron chi connectivity index (χ4n) is 8.48. The van der Waals surface area contributed by atoms with Gasteiger partial charge in [-0.25, -0.2) is 0 Å². The summed E-state index contributed by atoms with van der Waals surface area (Å²) in [6.07, 6.45) is 7.85. The molecule has 8 rings (SSSR count). The summed E-state index contributed by atoms with van der Waals surface area (Å²) in [7, 11) is 0. The van der Waals surface area contributed by atoms with Crippen molar-refractivity contribution >= 4 is 0 Å². The molecule has 1 aromatic carbocycles. The highest BCUT2D eigenvalue weighted by Gasteiger charge is 3.00. The fourth-order valence-corrected chi connectivity index (χ4v) is 8.48. The molecule has 4 saturated carbocycles. The van der Waals surface area contributed by atoms with Crippen molar-refractivity contribution in [2.45, 2.75) is 24.7 Å². The van der Waals surface area contributed by atoms with Crippen molar-refractivity contribution in [3.05, 3.63) is 47.5 Å². The lowest BCUT2D eigenvalue weighted by Gasteiger charge is -3.03. The van der Waals surface area contributed by atoms with Crippen LogP contribution in [0.4, 0.5) is 0 Å². The molecule has 18 heavy (non-hydrogen) atoms. The Labute approximate surface area is 107 Å². The smallest absolute Gasteiger partial charge is 0.00566 e. The van der Waals surface area contributed by atoms with Gasteiger partial charge in [0, 0.05) is 0 Å². The number of hydrogen-bond donors (Lipinski definition) is 0. The van der Waals surface area contributed by atoms with Gasteiger partial charge >= 0.3 is 0 Å². The Bertz CT molecular complexity index is 613. The van der Waals surface area contributed by atoms with Crippen molar-refractivity contribution in [2.75, 3.05) is 0 Å². The number of rotatable bonds is 0. The van der Waals surface area contributed by atoms with E-state index in [4.69, 9.17) is 0 Å². The van der Waals surface area contributed by atoms with E-state index in [9.17, 15) is 0 Å². The van der Waals surface area contributed by atoms with Gasteiger partial charge in [-0.15, -0.1) is 0 Å². The second kappa shape index (κ2) is 1.94. The van der Waals surface area contributed by atoms with Crippen molar-refractivity contribution in [3.8, 4) is 0 Å². The SMILES string of the molecule is C1=CC[C@]23[C@H]4[C@@H]5[C@@H]6[C@H]4[C@@]2(C1)[C@H]6c1ccccc1[C@H]53. The Kier molecular flexibility index (Phi) is 0.881. The van der Waals surface area contributed by atoms with Crippen LogP contribution >= 0.6 is 0 Å². The summed E-state index contributed by atoms with van der Waals surface area (Å²) in [5, 5.41) is 0. The molecule has 0 aromatic heterocycles. The zero-order chi connectivity index (χ0) is 11.3. The van der Waals surface area contributed by atoms with Crippen LogP contribution < -0.4 is 0 Å². The first-order chi connectivity index (χ1) is 8.93. The Morgan fingerprint density at radius 3 is 1.78 bits per heavy atom. The lowest BCUT2D eigenvalue weighted by molar-refractivity contribution is -0.516. The van der Waals surface area contributed by atoms with Gasteiger partial charge in [0.1, 0.15) is 0 Å². The zero-order valence-corrected chi connectivity index (χ0v) is 10.3. The summed E-state index contributed by atoms with van der Waals surface area (Å²) < 4.78 is 0. The van der Waals surface area contributed by atoms with Crippen LogP contribution in [0.5, 0.6) is 0 Å². The molecule has 4 fully saturated rings. The van der Waals surface area contributed by atoms with Crippen LogP contribution in [0.1, 0.15) is 35.8 Å². The maximum atomic E-state index is 2.52. The van der Waals surface area contributed by atoms with E-state index in [1.54, 1.807) is 11.1 Å². The van der Waals surface area contributed by atoms with Gasteiger partial charge in [0.15, 0.2) is 0 Å². The predicted molar refractivity (Wildman–Crippen MR) is 69.1 cm³/mol. The molecule has 2 spiro atoms. The van der Waals surface area contributed by atoms with E-state index in [0.717, 1.165) is 46.3 Å². The predicted octanol–water partition coefficient (Wildman–Crippen LogP) is 3.71. The first kappa shape index (κ1) is 8.19. The van der Waals surface area contributed by atoms with Crippen LogP contribution in [-0.2, 0) is 0 Å². The highest BCUT2D eigenvalue weighted by atomic mass is 15.0. The Balaban J connectivity index is 1.63. The van der Waals surface area contributed by atoms with Crippen molar-refractivity contribution in [2.24, 2.45) is 34.5 Å². The highest BCUT2D eigenvalue weighted by Crippen LogP contribution is 3.05. The van der Waals surface area contributed by atoms with Crippen molar-refractivity contribution in [3.63, 3.8) is 0 Å². The zero-order valence-electron chi connectivity index (χ0n) is 10.3. The molecule has 0 N–H and O–H groups in total. The van der Waals surface area contributed by atoms with Crippen LogP contribution in [0.25, 0.3) is 0 Å². The highest BCUT2D eigenvalue weighted by molar-refractivity contribution is 5.62. The molecule has 8 atom stereocenters. The second-order valence-electron chi connectivity index (χ2n) is 7.75. The largest absolute Gasteiger partial charge is 0.0879 e. The fraction of sp³-hybridized carbons (Fsp3) is 0.556. The van der Waals surface area contributed by atoms with E-state index in [1.807, 2.05) is 0 Å². The lowest BCUT2D eigenvalue weighted by Crippen LogP contribution is -2.98. The summed E-state index contributed by atoms with van der Waals surface area (Å²) in [6.45, 7) is 0. The summed E-state index contributed by atoms with van der Waals surface area (Å²) in [4.78, 5) is 0. The van der Waals surface area contributed by atoms with Gasteiger partial charge in [0.25, 0.3) is 0 Å². The number of allylic oxidation sites excluding steroid dienone is 2. The molecule has 1 aromatic rings. The molecule has 0 aliphatic heterocycles. The van der Waals surface area contributed by atoms with E-state index < -0.39 is 0 Å². The van der Waals surface area contributed by atoms with Gasteiger partial charge in [0.05, 0.1) is 0 Å². The third kappa shape index (κ3) is 0.414.